The zero-order valence-corrected chi connectivity index (χ0v) is 5.32. The molecule has 0 aliphatic rings. The zero-order valence-electron chi connectivity index (χ0n) is 3.45. The first kappa shape index (κ1) is 9.12. The molecule has 0 atom stereocenters. The van der Waals surface area contributed by atoms with Crippen LogP contribution in [0, 0.1) is 0 Å². The second kappa shape index (κ2) is 4.56. The second-order valence-electron chi connectivity index (χ2n) is 1.34. The molecule has 0 N–H and O–H groups in total. The van der Waals surface area contributed by atoms with Gasteiger partial charge >= 0.3 is 31.8 Å². The van der Waals surface area contributed by atoms with E-state index in [1.807, 2.05) is 0 Å². The van der Waals surface area contributed by atoms with E-state index < -0.39 is 0 Å². The van der Waals surface area contributed by atoms with E-state index in [1.165, 1.54) is 0 Å². The van der Waals surface area contributed by atoms with E-state index in [0.717, 1.165) is 0 Å². The number of hydrogen-bond acceptors (Lipinski definition) is 0. The fourth-order valence-corrected chi connectivity index (χ4v) is 0. The molecule has 0 aliphatic heterocycles. The molecule has 1 heteroatoms. The normalized spacial score (nSPS) is 7.20. The standard InChI is InChI=1S/C3H9As.CH4/c1-4(2)3;/h1-3H3;1H4. The van der Waals surface area contributed by atoms with Crippen molar-refractivity contribution in [3.05, 3.63) is 0 Å². The Kier molecular flexibility index (Phi) is 8.32. The van der Waals surface area contributed by atoms with Crippen LogP contribution in [0.4, 0.5) is 0 Å². The van der Waals surface area contributed by atoms with Gasteiger partial charge in [0.2, 0.25) is 0 Å². The van der Waals surface area contributed by atoms with Crippen molar-refractivity contribution in [3.8, 4) is 0 Å². The van der Waals surface area contributed by atoms with Crippen LogP contribution in [-0.2, 0) is 0 Å². The van der Waals surface area contributed by atoms with Gasteiger partial charge in [-0.05, 0) is 0 Å². The van der Waals surface area contributed by atoms with Crippen molar-refractivity contribution < 1.29 is 0 Å². The molecule has 0 saturated carbocycles. The predicted molar refractivity (Wildman–Crippen MR) is 30.1 cm³/mol. The summed E-state index contributed by atoms with van der Waals surface area (Å²) in [6, 6.07) is 0. The van der Waals surface area contributed by atoms with Gasteiger partial charge < -0.3 is 0 Å². The topological polar surface area (TPSA) is 0 Å². The van der Waals surface area contributed by atoms with Crippen molar-refractivity contribution in [2.75, 3.05) is 0 Å². The van der Waals surface area contributed by atoms with Crippen LogP contribution in [0.3, 0.4) is 0 Å². The third-order valence-corrected chi connectivity index (χ3v) is 0. The monoisotopic (exact) mass is 136 g/mol. The van der Waals surface area contributed by atoms with Crippen molar-refractivity contribution in [1.82, 2.24) is 0 Å². The summed E-state index contributed by atoms with van der Waals surface area (Å²) in [5, 5.41) is 0. The van der Waals surface area contributed by atoms with Gasteiger partial charge in [-0.15, -0.1) is 0 Å². The molecule has 0 aromatic carbocycles. The molecule has 34 valence electrons. The van der Waals surface area contributed by atoms with Crippen LogP contribution in [0.15, 0.2) is 0 Å². The van der Waals surface area contributed by atoms with Gasteiger partial charge in [-0.25, -0.2) is 0 Å². The molecule has 5 heavy (non-hydrogen) atoms. The van der Waals surface area contributed by atoms with Gasteiger partial charge in [0.1, 0.15) is 0 Å². The van der Waals surface area contributed by atoms with Gasteiger partial charge in [0.05, 0.1) is 0 Å². The molecule has 0 aromatic heterocycles. The Morgan fingerprint density at radius 3 is 1.00 bits per heavy atom. The molecule has 0 bridgehead atoms. The number of rotatable bonds is 0. The van der Waals surface area contributed by atoms with Crippen LogP contribution in [-0.4, -0.2) is 14.7 Å². The molecule has 0 radical (unpaired) electrons. The maximum atomic E-state index is 2.31. The fourth-order valence-electron chi connectivity index (χ4n) is 0. The average Bonchev–Trinajstić information content (AvgIpc) is 0.811. The molecule has 0 rings (SSSR count). The first-order valence-electron chi connectivity index (χ1n) is 1.34. The Hall–Kier alpha value is 0.558. The maximum absolute atomic E-state index is 2.31. The van der Waals surface area contributed by atoms with Gasteiger partial charge in [-0.3, -0.25) is 0 Å². The van der Waals surface area contributed by atoms with E-state index in [4.69, 9.17) is 0 Å². The van der Waals surface area contributed by atoms with Gasteiger partial charge in [0.25, 0.3) is 0 Å². The number of hydrogen-bond donors (Lipinski definition) is 0. The van der Waals surface area contributed by atoms with Crippen LogP contribution in [0.1, 0.15) is 7.43 Å². The van der Waals surface area contributed by atoms with Gasteiger partial charge in [-0.2, -0.15) is 0 Å². The van der Waals surface area contributed by atoms with Crippen LogP contribution in [0.5, 0.6) is 0 Å². The SMILES string of the molecule is C.C[As](C)C. The van der Waals surface area contributed by atoms with Crippen LogP contribution >= 0.6 is 0 Å². The first-order valence-corrected chi connectivity index (χ1v) is 6.97. The van der Waals surface area contributed by atoms with Gasteiger partial charge in [-0.1, -0.05) is 7.43 Å². The Labute approximate surface area is 39.8 Å². The summed E-state index contributed by atoms with van der Waals surface area (Å²) >= 11 is -0.188. The molecule has 0 aromatic rings. The Morgan fingerprint density at radius 2 is 1.00 bits per heavy atom. The second-order valence-corrected chi connectivity index (χ2v) is 6.97. The van der Waals surface area contributed by atoms with Crippen molar-refractivity contribution >= 4 is 14.7 Å². The van der Waals surface area contributed by atoms with Crippen LogP contribution < -0.4 is 0 Å². The quantitative estimate of drug-likeness (QED) is 0.447. The summed E-state index contributed by atoms with van der Waals surface area (Å²) in [6.07, 6.45) is 0. The summed E-state index contributed by atoms with van der Waals surface area (Å²) in [5.41, 5.74) is 6.94. The molecule has 0 unspecified atom stereocenters. The van der Waals surface area contributed by atoms with Crippen molar-refractivity contribution in [1.29, 1.82) is 0 Å². The third kappa shape index (κ3) is 95.7. The van der Waals surface area contributed by atoms with Crippen LogP contribution in [0.25, 0.3) is 0 Å². The Morgan fingerprint density at radius 1 is 1.00 bits per heavy atom. The first-order chi connectivity index (χ1) is 1.73. The molecule has 0 spiro atoms. The summed E-state index contributed by atoms with van der Waals surface area (Å²) in [6.45, 7) is 0. The van der Waals surface area contributed by atoms with Crippen molar-refractivity contribution in [2.45, 2.75) is 24.6 Å². The third-order valence-electron chi connectivity index (χ3n) is 0. The minimum atomic E-state index is -0.188. The Bertz CT molecular complexity index is 8.36. The van der Waals surface area contributed by atoms with E-state index in [0.29, 0.717) is 0 Å². The zero-order chi connectivity index (χ0) is 3.58. The molecule has 0 heterocycles. The van der Waals surface area contributed by atoms with Gasteiger partial charge in [0.15, 0.2) is 0 Å². The predicted octanol–water partition coefficient (Wildman–Crippen LogP) is 2.01. The summed E-state index contributed by atoms with van der Waals surface area (Å²) in [7, 11) is 0. The average molecular weight is 136 g/mol. The van der Waals surface area contributed by atoms with E-state index in [-0.39, 0.29) is 22.1 Å². The molecule has 0 fully saturated rings. The molecule has 0 saturated heterocycles. The Balaban J connectivity index is 0. The molecular weight excluding hydrogens is 123 g/mol. The summed E-state index contributed by atoms with van der Waals surface area (Å²) in [4.78, 5) is 0. The van der Waals surface area contributed by atoms with E-state index in [1.54, 1.807) is 0 Å². The summed E-state index contributed by atoms with van der Waals surface area (Å²) < 4.78 is 0. The van der Waals surface area contributed by atoms with Crippen molar-refractivity contribution in [3.63, 3.8) is 0 Å². The van der Waals surface area contributed by atoms with Crippen LogP contribution in [0.2, 0.25) is 17.1 Å². The molecule has 0 aliphatic carbocycles. The van der Waals surface area contributed by atoms with E-state index in [2.05, 4.69) is 17.1 Å². The fraction of sp³-hybridized carbons (Fsp3) is 1.00. The minimum absolute atomic E-state index is 0. The molecule has 0 amide bonds. The van der Waals surface area contributed by atoms with Crippen molar-refractivity contribution in [2.24, 2.45) is 0 Å². The molecule has 0 nitrogen and oxygen atoms in total. The van der Waals surface area contributed by atoms with Gasteiger partial charge in [0, 0.05) is 0 Å². The van der Waals surface area contributed by atoms with E-state index >= 15 is 0 Å². The summed E-state index contributed by atoms with van der Waals surface area (Å²) in [5.74, 6) is 0. The molecular formula is C4H13As. The van der Waals surface area contributed by atoms with E-state index in [9.17, 15) is 0 Å².